The Kier molecular flexibility index (Phi) is 7.71. The monoisotopic (exact) mass is 554 g/mol. The second kappa shape index (κ2) is 11.7. The molecule has 0 radical (unpaired) electrons. The number of rotatable bonds is 9. The van der Waals surface area contributed by atoms with Crippen molar-refractivity contribution in [2.24, 2.45) is 0 Å². The van der Waals surface area contributed by atoms with Gasteiger partial charge in [-0.2, -0.15) is 9.78 Å². The van der Waals surface area contributed by atoms with Gasteiger partial charge in [-0.05, 0) is 67.1 Å². The van der Waals surface area contributed by atoms with Gasteiger partial charge in [0.1, 0.15) is 17.9 Å². The molecule has 212 valence electrons. The van der Waals surface area contributed by atoms with Crippen LogP contribution in [-0.4, -0.2) is 69.7 Å². The zero-order valence-corrected chi connectivity index (χ0v) is 23.4. The van der Waals surface area contributed by atoms with E-state index in [-0.39, 0.29) is 11.4 Å². The van der Waals surface area contributed by atoms with Crippen molar-refractivity contribution in [3.63, 3.8) is 0 Å². The van der Waals surface area contributed by atoms with Crippen LogP contribution >= 0.6 is 0 Å². The third-order valence-electron chi connectivity index (χ3n) is 7.80. The van der Waals surface area contributed by atoms with Crippen LogP contribution in [0.5, 0.6) is 11.6 Å². The van der Waals surface area contributed by atoms with Gasteiger partial charge in [0, 0.05) is 18.7 Å². The van der Waals surface area contributed by atoms with E-state index >= 15 is 0 Å². The molecule has 0 amide bonds. The molecule has 0 atom stereocenters. The molecule has 2 aromatic carbocycles. The van der Waals surface area contributed by atoms with Crippen LogP contribution in [0.1, 0.15) is 39.5 Å². The van der Waals surface area contributed by atoms with Crippen LogP contribution < -0.4 is 9.47 Å². The number of hydrogen-bond acceptors (Lipinski definition) is 7. The molecule has 2 aromatic heterocycles. The predicted octanol–water partition coefficient (Wildman–Crippen LogP) is 4.72. The fourth-order valence-electron chi connectivity index (χ4n) is 5.50. The number of nitrogens with zero attached hydrogens (tertiary/aromatic N) is 4. The van der Waals surface area contributed by atoms with Crippen molar-refractivity contribution in [3.05, 3.63) is 88.6 Å². The molecule has 0 bridgehead atoms. The first-order chi connectivity index (χ1) is 20.0. The molecule has 41 heavy (non-hydrogen) atoms. The third kappa shape index (κ3) is 5.55. The number of ether oxygens (including phenoxy) is 3. The Balaban J connectivity index is 1.24. The number of carboxylic acids is 1. The summed E-state index contributed by atoms with van der Waals surface area (Å²) in [4.78, 5) is 19.1. The van der Waals surface area contributed by atoms with E-state index in [1.807, 2.05) is 37.3 Å². The Morgan fingerprint density at radius 3 is 2.61 bits per heavy atom. The number of carbonyl (C=O) groups is 1. The summed E-state index contributed by atoms with van der Waals surface area (Å²) in [5.41, 5.74) is 6.50. The van der Waals surface area contributed by atoms with Crippen molar-refractivity contribution < 1.29 is 24.1 Å². The minimum absolute atomic E-state index is 0.0100. The van der Waals surface area contributed by atoms with Gasteiger partial charge in [-0.3, -0.25) is 4.90 Å². The lowest BCUT2D eigenvalue weighted by atomic mass is 10.0. The van der Waals surface area contributed by atoms with Gasteiger partial charge in [0.2, 0.25) is 5.88 Å². The van der Waals surface area contributed by atoms with Crippen molar-refractivity contribution in [1.82, 2.24) is 19.7 Å². The highest BCUT2D eigenvalue weighted by Crippen LogP contribution is 2.34. The molecule has 0 aliphatic carbocycles. The highest BCUT2D eigenvalue weighted by Gasteiger charge is 2.27. The highest BCUT2D eigenvalue weighted by atomic mass is 16.5. The first kappa shape index (κ1) is 27.0. The fourth-order valence-corrected chi connectivity index (χ4v) is 5.50. The zero-order chi connectivity index (χ0) is 28.3. The van der Waals surface area contributed by atoms with E-state index in [0.717, 1.165) is 61.6 Å². The average Bonchev–Trinajstić information content (AvgIpc) is 3.26. The van der Waals surface area contributed by atoms with Crippen LogP contribution in [0.4, 0.5) is 0 Å². The highest BCUT2D eigenvalue weighted by molar-refractivity contribution is 5.90. The van der Waals surface area contributed by atoms with Crippen molar-refractivity contribution in [2.45, 2.75) is 39.3 Å². The van der Waals surface area contributed by atoms with Gasteiger partial charge in [0.25, 0.3) is 0 Å². The van der Waals surface area contributed by atoms with Gasteiger partial charge in [0.05, 0.1) is 37.8 Å². The molecule has 9 heteroatoms. The number of para-hydroxylation sites is 1. The largest absolute Gasteiger partial charge is 0.488 e. The van der Waals surface area contributed by atoms with Crippen LogP contribution in [-0.2, 0) is 24.2 Å². The fraction of sp³-hybridized carbons (Fsp3) is 0.344. The summed E-state index contributed by atoms with van der Waals surface area (Å²) in [6, 6.07) is 18.8. The molecule has 2 aliphatic heterocycles. The molecule has 9 nitrogen and oxygen atoms in total. The lowest BCUT2D eigenvalue weighted by Gasteiger charge is -2.36. The molecule has 0 saturated carbocycles. The summed E-state index contributed by atoms with van der Waals surface area (Å²) >= 11 is 0. The predicted molar refractivity (Wildman–Crippen MR) is 154 cm³/mol. The molecule has 1 saturated heterocycles. The van der Waals surface area contributed by atoms with E-state index in [1.54, 1.807) is 13.0 Å². The Bertz CT molecular complexity index is 1560. The van der Waals surface area contributed by atoms with E-state index in [1.165, 1.54) is 22.0 Å². The molecular formula is C32H34N4O5. The second-order valence-electron chi connectivity index (χ2n) is 10.5. The quantitative estimate of drug-likeness (QED) is 0.318. The van der Waals surface area contributed by atoms with E-state index in [4.69, 9.17) is 19.2 Å². The topological polar surface area (TPSA) is 98.9 Å². The molecule has 0 unspecified atom stereocenters. The Morgan fingerprint density at radius 1 is 1.05 bits per heavy atom. The van der Waals surface area contributed by atoms with Crippen molar-refractivity contribution in [1.29, 1.82) is 0 Å². The van der Waals surface area contributed by atoms with E-state index in [9.17, 15) is 9.90 Å². The molecule has 1 N–H and O–H groups in total. The maximum Gasteiger partial charge on any atom is 0.342 e. The maximum absolute atomic E-state index is 11.7. The lowest BCUT2D eigenvalue weighted by molar-refractivity contribution is -0.0634. The number of fused-ring (bicyclic) bond motifs is 1. The first-order valence-corrected chi connectivity index (χ1v) is 14.1. The van der Waals surface area contributed by atoms with Crippen LogP contribution in [0, 0.1) is 6.92 Å². The van der Waals surface area contributed by atoms with Crippen molar-refractivity contribution in [3.8, 4) is 28.7 Å². The molecule has 1 fully saturated rings. The number of aryl methyl sites for hydroxylation is 1. The molecule has 6 rings (SSSR count). The molecule has 2 aliphatic rings. The van der Waals surface area contributed by atoms with Crippen LogP contribution in [0.2, 0.25) is 0 Å². The zero-order valence-electron chi connectivity index (χ0n) is 23.4. The molecule has 4 heterocycles. The number of aromatic nitrogens is 3. The number of pyridine rings is 1. The third-order valence-corrected chi connectivity index (χ3v) is 7.80. The SMILES string of the molecule is CCOc1c(C(=O)O)cnn1-c1cccc(-c2cccc(C)c2OCc2ccc3c(c2)CCN(C2COC2)CC3)n1. The number of benzene rings is 2. The van der Waals surface area contributed by atoms with E-state index in [2.05, 4.69) is 28.2 Å². The van der Waals surface area contributed by atoms with Gasteiger partial charge < -0.3 is 19.3 Å². The van der Waals surface area contributed by atoms with E-state index < -0.39 is 5.97 Å². The molecule has 4 aromatic rings. The normalized spacial score (nSPS) is 15.6. The second-order valence-corrected chi connectivity index (χ2v) is 10.5. The number of carboxylic acid groups (broad SMARTS) is 1. The first-order valence-electron chi connectivity index (χ1n) is 14.1. The van der Waals surface area contributed by atoms with Crippen LogP contribution in [0.15, 0.2) is 60.8 Å². The number of aromatic carboxylic acids is 1. The van der Waals surface area contributed by atoms with Crippen LogP contribution in [0.25, 0.3) is 17.1 Å². The summed E-state index contributed by atoms with van der Waals surface area (Å²) in [6.45, 7) is 8.42. The summed E-state index contributed by atoms with van der Waals surface area (Å²) in [7, 11) is 0. The summed E-state index contributed by atoms with van der Waals surface area (Å²) < 4.78 is 18.9. The van der Waals surface area contributed by atoms with Gasteiger partial charge >= 0.3 is 5.97 Å². The van der Waals surface area contributed by atoms with Crippen molar-refractivity contribution in [2.75, 3.05) is 32.9 Å². The average molecular weight is 555 g/mol. The van der Waals surface area contributed by atoms with Gasteiger partial charge in [0.15, 0.2) is 5.82 Å². The summed E-state index contributed by atoms with van der Waals surface area (Å²) in [6.07, 6.45) is 3.38. The van der Waals surface area contributed by atoms with Gasteiger partial charge in [-0.15, -0.1) is 0 Å². The van der Waals surface area contributed by atoms with Gasteiger partial charge in [-0.25, -0.2) is 9.78 Å². The smallest absolute Gasteiger partial charge is 0.342 e. The summed E-state index contributed by atoms with van der Waals surface area (Å²) in [5.74, 6) is 0.269. The number of hydrogen-bond donors (Lipinski definition) is 1. The van der Waals surface area contributed by atoms with Gasteiger partial charge in [-0.1, -0.05) is 36.4 Å². The molecule has 0 spiro atoms. The molecular weight excluding hydrogens is 520 g/mol. The van der Waals surface area contributed by atoms with Crippen LogP contribution in [0.3, 0.4) is 0 Å². The lowest BCUT2D eigenvalue weighted by Crippen LogP contribution is -2.49. The Hall–Kier alpha value is -4.21. The van der Waals surface area contributed by atoms with E-state index in [0.29, 0.717) is 30.8 Å². The Morgan fingerprint density at radius 2 is 1.85 bits per heavy atom. The maximum atomic E-state index is 11.7. The Labute approximate surface area is 239 Å². The standard InChI is InChI=1S/C32H34N4O5/c1-3-40-31-27(32(37)38)17-33-36(31)29-9-5-8-28(34-29)26-7-4-6-21(2)30(26)41-18-22-10-11-23-12-14-35(25-19-39-20-25)15-13-24(23)16-22/h4-11,16-17,25H,3,12-15,18-20H2,1-2H3,(H,37,38). The minimum Gasteiger partial charge on any atom is -0.488 e. The van der Waals surface area contributed by atoms with Crippen molar-refractivity contribution >= 4 is 5.97 Å². The summed E-state index contributed by atoms with van der Waals surface area (Å²) in [5, 5.41) is 13.8. The minimum atomic E-state index is -1.10.